The van der Waals surface area contributed by atoms with Gasteiger partial charge in [-0.05, 0) is 88.4 Å². The highest BCUT2D eigenvalue weighted by molar-refractivity contribution is 5.94. The highest BCUT2D eigenvalue weighted by atomic mass is 19.1. The second-order valence-electron chi connectivity index (χ2n) is 9.33. The second kappa shape index (κ2) is 9.44. The minimum Gasteiger partial charge on any atom is -0.367 e. The SMILES string of the molecule is Cc1cccc(-n2nc(C)c3c(NC4CCC(NC(=O)c5ccc(F)cc5)CC4)nc(C)nc32)c1. The molecule has 0 spiro atoms. The minimum atomic E-state index is -0.345. The number of fused-ring (bicyclic) bond motifs is 1. The van der Waals surface area contributed by atoms with Gasteiger partial charge in [-0.1, -0.05) is 12.1 Å². The molecule has 1 aliphatic rings. The average Bonchev–Trinajstić information content (AvgIpc) is 3.17. The molecule has 0 unspecified atom stereocenters. The van der Waals surface area contributed by atoms with Crippen molar-refractivity contribution in [3.05, 3.63) is 77.0 Å². The minimum absolute atomic E-state index is 0.101. The quantitative estimate of drug-likeness (QED) is 0.425. The Morgan fingerprint density at radius 3 is 2.40 bits per heavy atom. The van der Waals surface area contributed by atoms with Crippen LogP contribution in [0.15, 0.2) is 48.5 Å². The number of benzene rings is 2. The molecule has 35 heavy (non-hydrogen) atoms. The summed E-state index contributed by atoms with van der Waals surface area (Å²) >= 11 is 0. The van der Waals surface area contributed by atoms with E-state index in [1.165, 1.54) is 24.3 Å². The number of carbonyl (C=O) groups excluding carboxylic acids is 1. The van der Waals surface area contributed by atoms with Gasteiger partial charge in [-0.3, -0.25) is 4.79 Å². The Kier molecular flexibility index (Phi) is 6.19. The van der Waals surface area contributed by atoms with Crippen molar-refractivity contribution in [2.75, 3.05) is 5.32 Å². The van der Waals surface area contributed by atoms with Crippen LogP contribution in [0.25, 0.3) is 16.7 Å². The Morgan fingerprint density at radius 1 is 0.971 bits per heavy atom. The number of aromatic nitrogens is 4. The second-order valence-corrected chi connectivity index (χ2v) is 9.33. The molecule has 7 nitrogen and oxygen atoms in total. The van der Waals surface area contributed by atoms with E-state index in [1.807, 2.05) is 30.7 Å². The van der Waals surface area contributed by atoms with E-state index >= 15 is 0 Å². The van der Waals surface area contributed by atoms with Crippen molar-refractivity contribution >= 4 is 22.8 Å². The topological polar surface area (TPSA) is 84.7 Å². The summed E-state index contributed by atoms with van der Waals surface area (Å²) in [6.45, 7) is 5.95. The van der Waals surface area contributed by atoms with Gasteiger partial charge < -0.3 is 10.6 Å². The lowest BCUT2D eigenvalue weighted by Crippen LogP contribution is -2.40. The first kappa shape index (κ1) is 23.0. The number of anilines is 1. The zero-order valence-electron chi connectivity index (χ0n) is 20.2. The van der Waals surface area contributed by atoms with Gasteiger partial charge in [-0.25, -0.2) is 19.0 Å². The molecule has 4 aromatic rings. The third-order valence-electron chi connectivity index (χ3n) is 6.57. The number of hydrogen-bond acceptors (Lipinski definition) is 5. The Labute approximate surface area is 203 Å². The Balaban J connectivity index is 1.30. The molecule has 0 atom stereocenters. The van der Waals surface area contributed by atoms with E-state index in [9.17, 15) is 9.18 Å². The zero-order valence-corrected chi connectivity index (χ0v) is 20.2. The van der Waals surface area contributed by atoms with Crippen LogP contribution in [0.5, 0.6) is 0 Å². The number of halogens is 1. The third kappa shape index (κ3) is 4.87. The first-order chi connectivity index (χ1) is 16.9. The lowest BCUT2D eigenvalue weighted by atomic mass is 9.91. The summed E-state index contributed by atoms with van der Waals surface area (Å²) in [7, 11) is 0. The summed E-state index contributed by atoms with van der Waals surface area (Å²) in [6, 6.07) is 14.2. The van der Waals surface area contributed by atoms with Gasteiger partial charge in [-0.2, -0.15) is 5.10 Å². The third-order valence-corrected chi connectivity index (χ3v) is 6.57. The van der Waals surface area contributed by atoms with Gasteiger partial charge in [0.15, 0.2) is 5.65 Å². The van der Waals surface area contributed by atoms with Crippen molar-refractivity contribution in [1.82, 2.24) is 25.1 Å². The van der Waals surface area contributed by atoms with E-state index in [2.05, 4.69) is 29.7 Å². The molecule has 0 bridgehead atoms. The molecule has 0 saturated heterocycles. The van der Waals surface area contributed by atoms with Crippen molar-refractivity contribution in [2.24, 2.45) is 0 Å². The maximum Gasteiger partial charge on any atom is 0.251 e. The van der Waals surface area contributed by atoms with E-state index in [-0.39, 0.29) is 23.8 Å². The van der Waals surface area contributed by atoms with Gasteiger partial charge in [0.05, 0.1) is 16.8 Å². The molecule has 2 aromatic carbocycles. The van der Waals surface area contributed by atoms with Crippen molar-refractivity contribution in [3.8, 4) is 5.69 Å². The van der Waals surface area contributed by atoms with Gasteiger partial charge in [0.2, 0.25) is 0 Å². The van der Waals surface area contributed by atoms with Crippen LogP contribution in [0.3, 0.4) is 0 Å². The lowest BCUT2D eigenvalue weighted by molar-refractivity contribution is 0.0926. The lowest BCUT2D eigenvalue weighted by Gasteiger charge is -2.30. The van der Waals surface area contributed by atoms with Crippen LogP contribution in [0.4, 0.5) is 10.2 Å². The van der Waals surface area contributed by atoms with Crippen molar-refractivity contribution in [1.29, 1.82) is 0 Å². The molecule has 8 heteroatoms. The van der Waals surface area contributed by atoms with E-state index in [0.29, 0.717) is 11.4 Å². The van der Waals surface area contributed by atoms with Crippen LogP contribution in [-0.4, -0.2) is 37.7 Å². The van der Waals surface area contributed by atoms with E-state index in [0.717, 1.165) is 59.5 Å². The molecule has 2 N–H and O–H groups in total. The number of nitrogens with zero attached hydrogens (tertiary/aromatic N) is 4. The highest BCUT2D eigenvalue weighted by Gasteiger charge is 2.25. The molecule has 5 rings (SSSR count). The Morgan fingerprint density at radius 2 is 1.69 bits per heavy atom. The summed E-state index contributed by atoms with van der Waals surface area (Å²) < 4.78 is 15.0. The maximum absolute atomic E-state index is 13.1. The molecular formula is C27H29FN6O. The van der Waals surface area contributed by atoms with Gasteiger partial charge in [0, 0.05) is 17.6 Å². The summed E-state index contributed by atoms with van der Waals surface area (Å²) in [5.41, 5.74) is 4.29. The van der Waals surface area contributed by atoms with Crippen LogP contribution in [0.1, 0.15) is 53.1 Å². The normalized spacial score (nSPS) is 17.9. The molecular weight excluding hydrogens is 443 g/mol. The number of nitrogens with one attached hydrogen (secondary N) is 2. The number of aryl methyl sites for hydroxylation is 3. The van der Waals surface area contributed by atoms with Crippen LogP contribution < -0.4 is 10.6 Å². The van der Waals surface area contributed by atoms with Crippen molar-refractivity contribution in [2.45, 2.75) is 58.5 Å². The molecule has 1 amide bonds. The van der Waals surface area contributed by atoms with Crippen molar-refractivity contribution in [3.63, 3.8) is 0 Å². The van der Waals surface area contributed by atoms with Gasteiger partial charge >= 0.3 is 0 Å². The van der Waals surface area contributed by atoms with E-state index < -0.39 is 0 Å². The summed E-state index contributed by atoms with van der Waals surface area (Å²) in [4.78, 5) is 21.9. The van der Waals surface area contributed by atoms with Crippen LogP contribution >= 0.6 is 0 Å². The van der Waals surface area contributed by atoms with Crippen LogP contribution in [-0.2, 0) is 0 Å². The van der Waals surface area contributed by atoms with Crippen LogP contribution in [0.2, 0.25) is 0 Å². The average molecular weight is 473 g/mol. The molecule has 180 valence electrons. The fourth-order valence-corrected chi connectivity index (χ4v) is 4.78. The Hall–Kier alpha value is -3.81. The first-order valence-corrected chi connectivity index (χ1v) is 12.0. The standard InChI is InChI=1S/C27H29FN6O/c1-16-5-4-6-23(15-16)34-26-24(17(2)33-34)25(29-18(3)30-26)31-21-11-13-22(14-12-21)32-27(35)19-7-9-20(28)10-8-19/h4-10,15,21-22H,11-14H2,1-3H3,(H,32,35)(H,29,30,31). The summed E-state index contributed by atoms with van der Waals surface area (Å²) in [5.74, 6) is 0.993. The van der Waals surface area contributed by atoms with E-state index in [4.69, 9.17) is 15.1 Å². The number of carbonyl (C=O) groups is 1. The van der Waals surface area contributed by atoms with Crippen molar-refractivity contribution < 1.29 is 9.18 Å². The predicted molar refractivity (Wildman–Crippen MR) is 134 cm³/mol. The predicted octanol–water partition coefficient (Wildman–Crippen LogP) is 5.03. The molecule has 1 fully saturated rings. The number of hydrogen-bond donors (Lipinski definition) is 2. The zero-order chi connectivity index (χ0) is 24.5. The maximum atomic E-state index is 13.1. The Bertz CT molecular complexity index is 1370. The number of amides is 1. The fraction of sp³-hybridized carbons (Fsp3) is 0.333. The molecule has 1 saturated carbocycles. The fourth-order valence-electron chi connectivity index (χ4n) is 4.78. The van der Waals surface area contributed by atoms with Gasteiger partial charge in [0.1, 0.15) is 17.5 Å². The largest absolute Gasteiger partial charge is 0.367 e. The molecule has 0 aliphatic heterocycles. The smallest absolute Gasteiger partial charge is 0.251 e. The molecule has 1 aliphatic carbocycles. The molecule has 0 radical (unpaired) electrons. The van der Waals surface area contributed by atoms with E-state index in [1.54, 1.807) is 0 Å². The highest BCUT2D eigenvalue weighted by Crippen LogP contribution is 2.29. The first-order valence-electron chi connectivity index (χ1n) is 12.0. The number of rotatable bonds is 5. The summed E-state index contributed by atoms with van der Waals surface area (Å²) in [5, 5.41) is 12.4. The monoisotopic (exact) mass is 472 g/mol. The van der Waals surface area contributed by atoms with Gasteiger partial charge in [-0.15, -0.1) is 0 Å². The molecule has 2 heterocycles. The molecule has 2 aromatic heterocycles. The van der Waals surface area contributed by atoms with Gasteiger partial charge in [0.25, 0.3) is 5.91 Å². The summed E-state index contributed by atoms with van der Waals surface area (Å²) in [6.07, 6.45) is 3.53. The van der Waals surface area contributed by atoms with Crippen LogP contribution in [0, 0.1) is 26.6 Å².